The van der Waals surface area contributed by atoms with E-state index in [1.807, 2.05) is 0 Å². The number of rotatable bonds is 2. The lowest BCUT2D eigenvalue weighted by atomic mass is 10.5. The lowest BCUT2D eigenvalue weighted by molar-refractivity contribution is 0.555. The quantitative estimate of drug-likeness (QED) is 0.647. The average molecular weight is 141 g/mol. The summed E-state index contributed by atoms with van der Waals surface area (Å²) in [5, 5.41) is 2.43. The minimum atomic E-state index is 0.252. The summed E-state index contributed by atoms with van der Waals surface area (Å²) >= 11 is 1.38. The van der Waals surface area contributed by atoms with Crippen LogP contribution in [0.4, 0.5) is 5.82 Å². The van der Waals surface area contributed by atoms with Gasteiger partial charge in [0.05, 0.1) is 6.42 Å². The first kappa shape index (κ1) is 6.22. The molecule has 3 nitrogen and oxygen atoms in total. The SMILES string of the molecule is Nc1csc(C[C]=O)n1. The van der Waals surface area contributed by atoms with Gasteiger partial charge in [0.2, 0.25) is 6.29 Å². The number of aromatic nitrogens is 1. The second-order valence-corrected chi connectivity index (χ2v) is 2.43. The van der Waals surface area contributed by atoms with E-state index in [9.17, 15) is 4.79 Å². The van der Waals surface area contributed by atoms with Gasteiger partial charge in [0.15, 0.2) is 0 Å². The number of thiazole rings is 1. The van der Waals surface area contributed by atoms with E-state index < -0.39 is 0 Å². The zero-order valence-electron chi connectivity index (χ0n) is 4.63. The lowest BCUT2D eigenvalue weighted by Crippen LogP contribution is -1.86. The Morgan fingerprint density at radius 2 is 2.67 bits per heavy atom. The predicted molar refractivity (Wildman–Crippen MR) is 35.9 cm³/mol. The summed E-state index contributed by atoms with van der Waals surface area (Å²) in [7, 11) is 0. The second kappa shape index (κ2) is 2.59. The van der Waals surface area contributed by atoms with Crippen LogP contribution in [0.5, 0.6) is 0 Å². The first-order valence-corrected chi connectivity index (χ1v) is 3.26. The van der Waals surface area contributed by atoms with E-state index >= 15 is 0 Å². The summed E-state index contributed by atoms with van der Waals surface area (Å²) in [5.41, 5.74) is 5.28. The van der Waals surface area contributed by atoms with Crippen LogP contribution in [-0.4, -0.2) is 11.3 Å². The van der Waals surface area contributed by atoms with Crippen molar-refractivity contribution in [1.82, 2.24) is 4.98 Å². The molecule has 1 aromatic heterocycles. The third kappa shape index (κ3) is 1.50. The summed E-state index contributed by atoms with van der Waals surface area (Å²) in [5.74, 6) is 0.477. The van der Waals surface area contributed by atoms with Gasteiger partial charge in [0, 0.05) is 5.38 Å². The maximum absolute atomic E-state index is 9.78. The fourth-order valence-electron chi connectivity index (χ4n) is 0.468. The second-order valence-electron chi connectivity index (χ2n) is 1.49. The van der Waals surface area contributed by atoms with Gasteiger partial charge in [0.1, 0.15) is 10.8 Å². The highest BCUT2D eigenvalue weighted by Crippen LogP contribution is 2.09. The van der Waals surface area contributed by atoms with Crippen molar-refractivity contribution in [3.63, 3.8) is 0 Å². The van der Waals surface area contributed by atoms with Crippen molar-refractivity contribution in [3.8, 4) is 0 Å². The molecule has 0 saturated carbocycles. The summed E-state index contributed by atoms with van der Waals surface area (Å²) in [6.07, 6.45) is 1.99. The van der Waals surface area contributed by atoms with Crippen LogP contribution in [0.2, 0.25) is 0 Å². The molecular weight excluding hydrogens is 136 g/mol. The minimum absolute atomic E-state index is 0.252. The Balaban J connectivity index is 2.72. The molecule has 9 heavy (non-hydrogen) atoms. The monoisotopic (exact) mass is 141 g/mol. The van der Waals surface area contributed by atoms with Gasteiger partial charge in [-0.15, -0.1) is 11.3 Å². The molecule has 0 amide bonds. The fourth-order valence-corrected chi connectivity index (χ4v) is 1.08. The molecule has 0 fully saturated rings. The molecule has 0 aliphatic rings. The highest BCUT2D eigenvalue weighted by atomic mass is 32.1. The van der Waals surface area contributed by atoms with E-state index in [1.54, 1.807) is 11.7 Å². The molecule has 47 valence electrons. The van der Waals surface area contributed by atoms with Crippen molar-refractivity contribution >= 4 is 23.4 Å². The number of carbonyl (C=O) groups excluding carboxylic acids is 1. The molecule has 0 aromatic carbocycles. The zero-order valence-corrected chi connectivity index (χ0v) is 5.44. The van der Waals surface area contributed by atoms with Crippen LogP contribution in [0, 0.1) is 0 Å². The Morgan fingerprint density at radius 1 is 1.89 bits per heavy atom. The van der Waals surface area contributed by atoms with Gasteiger partial charge in [-0.1, -0.05) is 0 Å². The molecule has 0 aliphatic carbocycles. The molecule has 1 radical (unpaired) electrons. The largest absolute Gasteiger partial charge is 0.383 e. The van der Waals surface area contributed by atoms with E-state index in [2.05, 4.69) is 4.98 Å². The first-order valence-electron chi connectivity index (χ1n) is 2.38. The highest BCUT2D eigenvalue weighted by Gasteiger charge is 1.95. The van der Waals surface area contributed by atoms with Gasteiger partial charge in [-0.25, -0.2) is 4.98 Å². The Labute approximate surface area is 56.5 Å². The zero-order chi connectivity index (χ0) is 6.69. The summed E-state index contributed by atoms with van der Waals surface area (Å²) in [6, 6.07) is 0. The normalized spacial score (nSPS) is 9.33. The molecule has 0 saturated heterocycles. The Hall–Kier alpha value is -0.900. The molecule has 0 aliphatic heterocycles. The number of nitrogen functional groups attached to an aromatic ring is 1. The van der Waals surface area contributed by atoms with Crippen molar-refractivity contribution in [2.45, 2.75) is 6.42 Å². The molecule has 1 heterocycles. The summed E-state index contributed by atoms with van der Waals surface area (Å²) < 4.78 is 0. The summed E-state index contributed by atoms with van der Waals surface area (Å²) in [4.78, 5) is 13.6. The topological polar surface area (TPSA) is 56.0 Å². The molecule has 0 spiro atoms. The van der Waals surface area contributed by atoms with Gasteiger partial charge in [0.25, 0.3) is 0 Å². The molecule has 4 heteroatoms. The predicted octanol–water partition coefficient (Wildman–Crippen LogP) is 0.378. The van der Waals surface area contributed by atoms with Crippen LogP contribution in [0.3, 0.4) is 0 Å². The Bertz CT molecular complexity index is 208. The third-order valence-electron chi connectivity index (χ3n) is 0.793. The number of nitrogens with two attached hydrogens (primary N) is 1. The molecule has 0 unspecified atom stereocenters. The first-order chi connectivity index (χ1) is 4.33. The van der Waals surface area contributed by atoms with Crippen molar-refractivity contribution < 1.29 is 4.79 Å². The number of nitrogens with zero attached hydrogens (tertiary/aromatic N) is 1. The highest BCUT2D eigenvalue weighted by molar-refractivity contribution is 7.10. The van der Waals surface area contributed by atoms with E-state index in [4.69, 9.17) is 5.73 Å². The van der Waals surface area contributed by atoms with E-state index in [1.165, 1.54) is 11.3 Å². The Morgan fingerprint density at radius 3 is 3.11 bits per heavy atom. The van der Waals surface area contributed by atoms with E-state index in [-0.39, 0.29) is 6.42 Å². The molecular formula is C5H5N2OS. The number of hydrogen-bond acceptors (Lipinski definition) is 4. The standard InChI is InChI=1S/C5H5N2OS/c6-4-3-9-5(7-4)1-2-8/h3H,1,6H2. The van der Waals surface area contributed by atoms with Crippen LogP contribution in [-0.2, 0) is 11.2 Å². The van der Waals surface area contributed by atoms with Gasteiger partial charge < -0.3 is 5.73 Å². The average Bonchev–Trinajstić information content (AvgIpc) is 2.17. The van der Waals surface area contributed by atoms with Crippen molar-refractivity contribution in [2.24, 2.45) is 0 Å². The number of hydrogen-bond donors (Lipinski definition) is 1. The van der Waals surface area contributed by atoms with E-state index in [0.717, 1.165) is 5.01 Å². The smallest absolute Gasteiger partial charge is 0.205 e. The maximum atomic E-state index is 9.78. The van der Waals surface area contributed by atoms with Crippen LogP contribution >= 0.6 is 11.3 Å². The molecule has 1 aromatic rings. The van der Waals surface area contributed by atoms with Crippen LogP contribution in [0.1, 0.15) is 5.01 Å². The van der Waals surface area contributed by atoms with Crippen LogP contribution in [0.25, 0.3) is 0 Å². The lowest BCUT2D eigenvalue weighted by Gasteiger charge is -1.78. The van der Waals surface area contributed by atoms with Crippen LogP contribution in [0.15, 0.2) is 5.38 Å². The maximum Gasteiger partial charge on any atom is 0.205 e. The van der Waals surface area contributed by atoms with Gasteiger partial charge in [-0.3, -0.25) is 4.79 Å². The third-order valence-corrected chi connectivity index (χ3v) is 1.66. The van der Waals surface area contributed by atoms with Gasteiger partial charge >= 0.3 is 0 Å². The van der Waals surface area contributed by atoms with Crippen molar-refractivity contribution in [3.05, 3.63) is 10.4 Å². The molecule has 2 N–H and O–H groups in total. The van der Waals surface area contributed by atoms with Crippen LogP contribution < -0.4 is 5.73 Å². The van der Waals surface area contributed by atoms with E-state index in [0.29, 0.717) is 5.82 Å². The number of anilines is 1. The summed E-state index contributed by atoms with van der Waals surface area (Å²) in [6.45, 7) is 0. The minimum Gasteiger partial charge on any atom is -0.383 e. The van der Waals surface area contributed by atoms with Gasteiger partial charge in [-0.05, 0) is 0 Å². The molecule has 0 bridgehead atoms. The fraction of sp³-hybridized carbons (Fsp3) is 0.200. The molecule has 0 atom stereocenters. The molecule has 1 rings (SSSR count). The Kier molecular flexibility index (Phi) is 1.79. The van der Waals surface area contributed by atoms with Crippen molar-refractivity contribution in [2.75, 3.05) is 5.73 Å². The van der Waals surface area contributed by atoms with Gasteiger partial charge in [-0.2, -0.15) is 0 Å². The van der Waals surface area contributed by atoms with Crippen molar-refractivity contribution in [1.29, 1.82) is 0 Å².